The van der Waals surface area contributed by atoms with E-state index in [1.54, 1.807) is 12.1 Å². The van der Waals surface area contributed by atoms with Crippen molar-refractivity contribution in [2.75, 3.05) is 32.1 Å². The molecule has 0 aliphatic heterocycles. The van der Waals surface area contributed by atoms with E-state index in [4.69, 9.17) is 0 Å². The van der Waals surface area contributed by atoms with E-state index >= 15 is 0 Å². The summed E-state index contributed by atoms with van der Waals surface area (Å²) < 4.78 is 27.4. The third-order valence-corrected chi connectivity index (χ3v) is 4.73. The molecule has 0 amide bonds. The van der Waals surface area contributed by atoms with Crippen LogP contribution in [0.25, 0.3) is 0 Å². The van der Waals surface area contributed by atoms with E-state index < -0.39 is 10.0 Å². The number of likely N-dealkylation sites (N-methyl/N-ethyl adjacent to an activating group) is 2. The van der Waals surface area contributed by atoms with Gasteiger partial charge in [0, 0.05) is 26.2 Å². The van der Waals surface area contributed by atoms with Crippen LogP contribution in [0.15, 0.2) is 29.2 Å². The Bertz CT molecular complexity index is 526. The summed E-state index contributed by atoms with van der Waals surface area (Å²) in [7, 11) is 0.376. The summed E-state index contributed by atoms with van der Waals surface area (Å²) in [6, 6.07) is 7.26. The zero-order valence-corrected chi connectivity index (χ0v) is 12.2. The first kappa shape index (κ1) is 14.3. The fourth-order valence-corrected chi connectivity index (χ4v) is 3.44. The number of nitrogens with one attached hydrogen (secondary N) is 2. The molecule has 1 saturated carbocycles. The molecule has 0 saturated heterocycles. The fourth-order valence-electron chi connectivity index (χ4n) is 1.88. The number of sulfonamides is 1. The molecule has 5 nitrogen and oxygen atoms in total. The summed E-state index contributed by atoms with van der Waals surface area (Å²) >= 11 is 0. The van der Waals surface area contributed by atoms with Crippen molar-refractivity contribution >= 4 is 15.7 Å². The highest BCUT2D eigenvalue weighted by atomic mass is 32.2. The molecule has 2 rings (SSSR count). The molecule has 106 valence electrons. The van der Waals surface area contributed by atoms with Gasteiger partial charge in [-0.3, -0.25) is 0 Å². The van der Waals surface area contributed by atoms with Crippen molar-refractivity contribution in [3.8, 4) is 0 Å². The van der Waals surface area contributed by atoms with Gasteiger partial charge in [-0.05, 0) is 32.0 Å². The van der Waals surface area contributed by atoms with Gasteiger partial charge in [-0.15, -0.1) is 0 Å². The Balaban J connectivity index is 2.24. The molecular formula is C13H21N3O2S. The Morgan fingerprint density at radius 3 is 2.63 bits per heavy atom. The van der Waals surface area contributed by atoms with Crippen LogP contribution in [0.2, 0.25) is 0 Å². The van der Waals surface area contributed by atoms with Crippen LogP contribution in [0.1, 0.15) is 12.8 Å². The van der Waals surface area contributed by atoms with Gasteiger partial charge in [-0.25, -0.2) is 13.1 Å². The van der Waals surface area contributed by atoms with E-state index in [1.807, 2.05) is 31.1 Å². The van der Waals surface area contributed by atoms with Crippen LogP contribution in [0, 0.1) is 0 Å². The summed E-state index contributed by atoms with van der Waals surface area (Å²) in [5.74, 6) is 0. The minimum atomic E-state index is -3.41. The van der Waals surface area contributed by atoms with Gasteiger partial charge in [-0.1, -0.05) is 12.1 Å². The highest BCUT2D eigenvalue weighted by molar-refractivity contribution is 7.89. The Kier molecular flexibility index (Phi) is 4.44. The standard InChI is InChI=1S/C13H21N3O2S/c1-14-9-10-16(2)12-5-3-4-6-13(12)19(17,18)15-11-7-8-11/h3-6,11,14-15H,7-10H2,1-2H3. The maximum absolute atomic E-state index is 12.3. The fraction of sp³-hybridized carbons (Fsp3) is 0.538. The first-order valence-electron chi connectivity index (χ1n) is 6.51. The van der Waals surface area contributed by atoms with Crippen molar-refractivity contribution in [3.63, 3.8) is 0 Å². The minimum absolute atomic E-state index is 0.126. The van der Waals surface area contributed by atoms with Crippen molar-refractivity contribution in [2.45, 2.75) is 23.8 Å². The molecule has 6 heteroatoms. The van der Waals surface area contributed by atoms with Crippen LogP contribution in [0.4, 0.5) is 5.69 Å². The third-order valence-electron chi connectivity index (χ3n) is 3.16. The van der Waals surface area contributed by atoms with Crippen molar-refractivity contribution < 1.29 is 8.42 Å². The number of hydrogen-bond acceptors (Lipinski definition) is 4. The number of para-hydroxylation sites is 1. The van der Waals surface area contributed by atoms with Gasteiger partial charge in [0.1, 0.15) is 4.90 Å². The monoisotopic (exact) mass is 283 g/mol. The Morgan fingerprint density at radius 2 is 2.00 bits per heavy atom. The SMILES string of the molecule is CNCCN(C)c1ccccc1S(=O)(=O)NC1CC1. The zero-order chi connectivity index (χ0) is 13.9. The topological polar surface area (TPSA) is 61.4 Å². The van der Waals surface area contributed by atoms with Crippen molar-refractivity contribution in [1.82, 2.24) is 10.0 Å². The summed E-state index contributed by atoms with van der Waals surface area (Å²) in [5, 5.41) is 3.06. The van der Waals surface area contributed by atoms with Crippen LogP contribution in [-0.2, 0) is 10.0 Å². The summed E-state index contributed by atoms with van der Waals surface area (Å²) in [6.45, 7) is 1.56. The highest BCUT2D eigenvalue weighted by Crippen LogP contribution is 2.27. The van der Waals surface area contributed by atoms with Gasteiger partial charge in [-0.2, -0.15) is 0 Å². The third kappa shape index (κ3) is 3.68. The molecule has 1 aromatic carbocycles. The first-order valence-corrected chi connectivity index (χ1v) is 8.00. The van der Waals surface area contributed by atoms with Crippen LogP contribution in [-0.4, -0.2) is 41.6 Å². The predicted molar refractivity (Wildman–Crippen MR) is 77.0 cm³/mol. The molecule has 1 fully saturated rings. The molecule has 0 radical (unpaired) electrons. The summed E-state index contributed by atoms with van der Waals surface area (Å²) in [6.07, 6.45) is 1.88. The molecule has 0 atom stereocenters. The molecule has 0 spiro atoms. The van der Waals surface area contributed by atoms with Gasteiger partial charge in [0.25, 0.3) is 0 Å². The molecule has 0 unspecified atom stereocenters. The Hall–Kier alpha value is -1.11. The number of anilines is 1. The Labute approximate surface area is 115 Å². The van der Waals surface area contributed by atoms with Crippen molar-refractivity contribution in [1.29, 1.82) is 0 Å². The normalized spacial score (nSPS) is 15.5. The van der Waals surface area contributed by atoms with E-state index in [2.05, 4.69) is 10.0 Å². The molecule has 1 aliphatic rings. The molecule has 0 bridgehead atoms. The van der Waals surface area contributed by atoms with Gasteiger partial charge < -0.3 is 10.2 Å². The molecule has 19 heavy (non-hydrogen) atoms. The molecule has 0 heterocycles. The van der Waals surface area contributed by atoms with Gasteiger partial charge in [0.05, 0.1) is 5.69 Å². The molecule has 2 N–H and O–H groups in total. The maximum Gasteiger partial charge on any atom is 0.242 e. The molecular weight excluding hydrogens is 262 g/mol. The van der Waals surface area contributed by atoms with Crippen molar-refractivity contribution in [2.24, 2.45) is 0 Å². The molecule has 1 aromatic rings. The van der Waals surface area contributed by atoms with Crippen LogP contribution in [0.3, 0.4) is 0 Å². The van der Waals surface area contributed by atoms with Crippen LogP contribution < -0.4 is 14.9 Å². The van der Waals surface area contributed by atoms with Gasteiger partial charge in [0.2, 0.25) is 10.0 Å². The first-order chi connectivity index (χ1) is 9.04. The van der Waals surface area contributed by atoms with Crippen LogP contribution >= 0.6 is 0 Å². The average molecular weight is 283 g/mol. The number of hydrogen-bond donors (Lipinski definition) is 2. The van der Waals surface area contributed by atoms with E-state index in [9.17, 15) is 8.42 Å². The lowest BCUT2D eigenvalue weighted by atomic mass is 10.3. The zero-order valence-electron chi connectivity index (χ0n) is 11.4. The Morgan fingerprint density at radius 1 is 1.32 bits per heavy atom. The number of nitrogens with zero attached hydrogens (tertiary/aromatic N) is 1. The minimum Gasteiger partial charge on any atom is -0.372 e. The van der Waals surface area contributed by atoms with Crippen LogP contribution in [0.5, 0.6) is 0 Å². The van der Waals surface area contributed by atoms with E-state index in [-0.39, 0.29) is 6.04 Å². The largest absolute Gasteiger partial charge is 0.372 e. The second-order valence-corrected chi connectivity index (χ2v) is 6.57. The lowest BCUT2D eigenvalue weighted by molar-refractivity contribution is 0.580. The lowest BCUT2D eigenvalue weighted by Gasteiger charge is -2.22. The molecule has 1 aliphatic carbocycles. The van der Waals surface area contributed by atoms with E-state index in [1.165, 1.54) is 0 Å². The molecule has 0 aromatic heterocycles. The average Bonchev–Trinajstić information content (AvgIpc) is 3.19. The number of rotatable bonds is 7. The van der Waals surface area contributed by atoms with E-state index in [0.717, 1.165) is 31.6 Å². The van der Waals surface area contributed by atoms with Gasteiger partial charge >= 0.3 is 0 Å². The second-order valence-electron chi connectivity index (χ2n) is 4.89. The summed E-state index contributed by atoms with van der Waals surface area (Å²) in [5.41, 5.74) is 0.742. The smallest absolute Gasteiger partial charge is 0.242 e. The quantitative estimate of drug-likeness (QED) is 0.776. The predicted octanol–water partition coefficient (Wildman–Crippen LogP) is 0.783. The van der Waals surface area contributed by atoms with Gasteiger partial charge in [0.15, 0.2) is 0 Å². The highest BCUT2D eigenvalue weighted by Gasteiger charge is 2.29. The second kappa shape index (κ2) is 5.90. The number of benzene rings is 1. The summed E-state index contributed by atoms with van der Waals surface area (Å²) in [4.78, 5) is 2.32. The maximum atomic E-state index is 12.3. The lowest BCUT2D eigenvalue weighted by Crippen LogP contribution is -2.31. The van der Waals surface area contributed by atoms with Crippen molar-refractivity contribution in [3.05, 3.63) is 24.3 Å². The van der Waals surface area contributed by atoms with E-state index in [0.29, 0.717) is 4.90 Å².